The second-order valence-electron chi connectivity index (χ2n) is 5.46. The maximum Gasteiger partial charge on any atom is 0.320 e. The number of hydrogen-bond donors (Lipinski definition) is 2. The number of carbonyl (C=O) groups is 3. The van der Waals surface area contributed by atoms with Crippen LogP contribution in [0.5, 0.6) is 0 Å². The van der Waals surface area contributed by atoms with Gasteiger partial charge in [0.15, 0.2) is 0 Å². The number of carbonyl (C=O) groups excluding carboxylic acids is 2. The molecule has 20 heavy (non-hydrogen) atoms. The fourth-order valence-corrected chi connectivity index (χ4v) is 2.66. The molecule has 7 nitrogen and oxygen atoms in total. The van der Waals surface area contributed by atoms with E-state index in [1.165, 1.54) is 4.90 Å². The molecule has 2 aliphatic rings. The van der Waals surface area contributed by atoms with Gasteiger partial charge in [-0.1, -0.05) is 0 Å². The molecule has 1 heterocycles. The van der Waals surface area contributed by atoms with Gasteiger partial charge in [-0.25, -0.2) is 4.79 Å². The van der Waals surface area contributed by atoms with Crippen LogP contribution >= 0.6 is 0 Å². The van der Waals surface area contributed by atoms with Crippen LogP contribution in [0, 0.1) is 0 Å². The van der Waals surface area contributed by atoms with Crippen molar-refractivity contribution < 1.29 is 19.5 Å². The number of urea groups is 1. The molecule has 1 aliphatic heterocycles. The molecule has 1 saturated heterocycles. The van der Waals surface area contributed by atoms with Crippen molar-refractivity contribution in [2.45, 2.75) is 50.6 Å². The van der Waals surface area contributed by atoms with E-state index in [0.717, 1.165) is 25.7 Å². The Bertz CT molecular complexity index is 408. The minimum absolute atomic E-state index is 0.0721. The Hall–Kier alpha value is -1.79. The number of piperidine rings is 1. The molecule has 0 aromatic heterocycles. The van der Waals surface area contributed by atoms with E-state index in [2.05, 4.69) is 0 Å². The summed E-state index contributed by atoms with van der Waals surface area (Å²) in [6, 6.07) is -0.670. The first kappa shape index (κ1) is 14.6. The van der Waals surface area contributed by atoms with Gasteiger partial charge < -0.3 is 20.6 Å². The van der Waals surface area contributed by atoms with Crippen molar-refractivity contribution in [1.82, 2.24) is 9.80 Å². The van der Waals surface area contributed by atoms with Crippen molar-refractivity contribution in [3.63, 3.8) is 0 Å². The lowest BCUT2D eigenvalue weighted by Gasteiger charge is -2.37. The number of hydrogen-bond acceptors (Lipinski definition) is 3. The lowest BCUT2D eigenvalue weighted by molar-refractivity contribution is -0.137. The standard InChI is InChI=1S/C13H21N3O4/c14-12(19)10-3-1-2-7-16(10)13(20)15(9-4-5-9)8-6-11(17)18/h9-10H,1-8H2,(H2,14,19)(H,17,18). The number of carboxylic acid groups (broad SMARTS) is 1. The number of carboxylic acids is 1. The Morgan fingerprint density at radius 3 is 2.45 bits per heavy atom. The Morgan fingerprint density at radius 1 is 1.20 bits per heavy atom. The van der Waals surface area contributed by atoms with Crippen LogP contribution in [-0.4, -0.2) is 58.0 Å². The Morgan fingerprint density at radius 2 is 1.90 bits per heavy atom. The number of primary amides is 1. The molecule has 1 aliphatic carbocycles. The number of rotatable bonds is 5. The van der Waals surface area contributed by atoms with Gasteiger partial charge in [0.25, 0.3) is 0 Å². The minimum Gasteiger partial charge on any atom is -0.481 e. The van der Waals surface area contributed by atoms with Crippen LogP contribution in [0.2, 0.25) is 0 Å². The maximum atomic E-state index is 12.6. The largest absolute Gasteiger partial charge is 0.481 e. The average Bonchev–Trinajstić information content (AvgIpc) is 3.23. The third-order valence-corrected chi connectivity index (χ3v) is 3.88. The van der Waals surface area contributed by atoms with E-state index in [0.29, 0.717) is 13.0 Å². The smallest absolute Gasteiger partial charge is 0.320 e. The summed E-state index contributed by atoms with van der Waals surface area (Å²) in [6.45, 7) is 0.712. The van der Waals surface area contributed by atoms with Crippen molar-refractivity contribution in [2.75, 3.05) is 13.1 Å². The van der Waals surface area contributed by atoms with Crippen LogP contribution in [0.4, 0.5) is 4.79 Å². The SMILES string of the molecule is NC(=O)C1CCCCN1C(=O)N(CCC(=O)O)C1CC1. The summed E-state index contributed by atoms with van der Waals surface area (Å²) in [5.74, 6) is -1.40. The molecule has 3 amide bonds. The fourth-order valence-electron chi connectivity index (χ4n) is 2.66. The topological polar surface area (TPSA) is 104 Å². The molecule has 1 atom stereocenters. The van der Waals surface area contributed by atoms with Gasteiger partial charge in [0.1, 0.15) is 6.04 Å². The monoisotopic (exact) mass is 283 g/mol. The molecule has 0 aromatic carbocycles. The summed E-state index contributed by atoms with van der Waals surface area (Å²) in [4.78, 5) is 37.8. The molecule has 7 heteroatoms. The molecule has 0 spiro atoms. The number of amides is 3. The number of nitrogens with two attached hydrogens (primary N) is 1. The fraction of sp³-hybridized carbons (Fsp3) is 0.769. The minimum atomic E-state index is -0.923. The van der Waals surface area contributed by atoms with Gasteiger partial charge in [0, 0.05) is 19.1 Å². The molecule has 0 aromatic rings. The van der Waals surface area contributed by atoms with E-state index in [4.69, 9.17) is 10.8 Å². The molecule has 1 saturated carbocycles. The molecule has 2 fully saturated rings. The maximum absolute atomic E-state index is 12.6. The molecule has 2 rings (SSSR count). The highest BCUT2D eigenvalue weighted by atomic mass is 16.4. The van der Waals surface area contributed by atoms with Gasteiger partial charge in [-0.2, -0.15) is 0 Å². The molecule has 112 valence electrons. The molecular weight excluding hydrogens is 262 g/mol. The summed E-state index contributed by atoms with van der Waals surface area (Å²) in [5, 5.41) is 8.77. The highest BCUT2D eigenvalue weighted by Gasteiger charge is 2.39. The zero-order valence-electron chi connectivity index (χ0n) is 11.5. The number of aliphatic carboxylic acids is 1. The van der Waals surface area contributed by atoms with Crippen molar-refractivity contribution in [3.05, 3.63) is 0 Å². The molecule has 1 unspecified atom stereocenters. The zero-order valence-corrected chi connectivity index (χ0v) is 11.5. The van der Waals surface area contributed by atoms with Gasteiger partial charge in [0.2, 0.25) is 5.91 Å². The second-order valence-corrected chi connectivity index (χ2v) is 5.46. The summed E-state index contributed by atoms with van der Waals surface area (Å²) in [5.41, 5.74) is 5.36. The van der Waals surface area contributed by atoms with E-state index in [1.54, 1.807) is 4.90 Å². The van der Waals surface area contributed by atoms with Gasteiger partial charge >= 0.3 is 12.0 Å². The molecule has 3 N–H and O–H groups in total. The van der Waals surface area contributed by atoms with Gasteiger partial charge in [-0.05, 0) is 32.1 Å². The normalized spacial score (nSPS) is 22.4. The first-order valence-electron chi connectivity index (χ1n) is 7.09. The summed E-state index contributed by atoms with van der Waals surface area (Å²) in [6.07, 6.45) is 4.07. The Balaban J connectivity index is 2.04. The third kappa shape index (κ3) is 3.40. The Labute approximate surface area is 117 Å². The number of nitrogens with zero attached hydrogens (tertiary/aromatic N) is 2. The van der Waals surface area contributed by atoms with Gasteiger partial charge in [0.05, 0.1) is 6.42 Å². The zero-order chi connectivity index (χ0) is 14.7. The average molecular weight is 283 g/mol. The van der Waals surface area contributed by atoms with Crippen molar-refractivity contribution in [2.24, 2.45) is 5.73 Å². The van der Waals surface area contributed by atoms with Crippen LogP contribution in [-0.2, 0) is 9.59 Å². The van der Waals surface area contributed by atoms with Crippen LogP contribution in [0.3, 0.4) is 0 Å². The predicted molar refractivity (Wildman–Crippen MR) is 70.9 cm³/mol. The van der Waals surface area contributed by atoms with E-state index in [9.17, 15) is 14.4 Å². The predicted octanol–water partition coefficient (Wildman–Crippen LogP) is 0.385. The van der Waals surface area contributed by atoms with Crippen LogP contribution in [0.25, 0.3) is 0 Å². The molecule has 0 bridgehead atoms. The van der Waals surface area contributed by atoms with Crippen molar-refractivity contribution in [3.8, 4) is 0 Å². The van der Waals surface area contributed by atoms with E-state index >= 15 is 0 Å². The van der Waals surface area contributed by atoms with E-state index in [-0.39, 0.29) is 25.0 Å². The summed E-state index contributed by atoms with van der Waals surface area (Å²) < 4.78 is 0. The first-order chi connectivity index (χ1) is 9.50. The molecular formula is C13H21N3O4. The number of likely N-dealkylation sites (tertiary alicyclic amines) is 1. The third-order valence-electron chi connectivity index (χ3n) is 3.88. The summed E-state index contributed by atoms with van der Waals surface area (Å²) >= 11 is 0. The Kier molecular flexibility index (Phi) is 4.46. The lowest BCUT2D eigenvalue weighted by atomic mass is 10.0. The first-order valence-corrected chi connectivity index (χ1v) is 7.09. The second kappa shape index (κ2) is 6.11. The quantitative estimate of drug-likeness (QED) is 0.761. The van der Waals surface area contributed by atoms with Gasteiger partial charge in [-0.15, -0.1) is 0 Å². The highest BCUT2D eigenvalue weighted by Crippen LogP contribution is 2.29. The highest BCUT2D eigenvalue weighted by molar-refractivity contribution is 5.86. The van der Waals surface area contributed by atoms with Crippen LogP contribution in [0.15, 0.2) is 0 Å². The summed E-state index contributed by atoms with van der Waals surface area (Å²) in [7, 11) is 0. The van der Waals surface area contributed by atoms with Crippen LogP contribution < -0.4 is 5.73 Å². The van der Waals surface area contributed by atoms with Crippen LogP contribution in [0.1, 0.15) is 38.5 Å². The molecule has 0 radical (unpaired) electrons. The van der Waals surface area contributed by atoms with Gasteiger partial charge in [-0.3, -0.25) is 9.59 Å². The van der Waals surface area contributed by atoms with E-state index < -0.39 is 17.9 Å². The van der Waals surface area contributed by atoms with Crippen molar-refractivity contribution >= 4 is 17.9 Å². The lowest BCUT2D eigenvalue weighted by Crippen LogP contribution is -2.55. The van der Waals surface area contributed by atoms with E-state index in [1.807, 2.05) is 0 Å². The van der Waals surface area contributed by atoms with Crippen molar-refractivity contribution in [1.29, 1.82) is 0 Å².